The van der Waals surface area contributed by atoms with E-state index in [2.05, 4.69) is 51.1 Å². The van der Waals surface area contributed by atoms with Gasteiger partial charge in [-0.1, -0.05) is 13.3 Å². The van der Waals surface area contributed by atoms with Gasteiger partial charge in [-0.15, -0.1) is 0 Å². The third-order valence-electron chi connectivity index (χ3n) is 4.55. The molecule has 8 bridgehead atoms. The molecule has 0 fully saturated rings. The van der Waals surface area contributed by atoms with Crippen LogP contribution < -0.4 is 0 Å². The van der Waals surface area contributed by atoms with Crippen LogP contribution in [0.1, 0.15) is 42.5 Å². The van der Waals surface area contributed by atoms with Crippen molar-refractivity contribution in [2.24, 2.45) is 0 Å². The van der Waals surface area contributed by atoms with Gasteiger partial charge in [0.2, 0.25) is 0 Å². The number of nitrogens with zero attached hydrogens (tertiary/aromatic N) is 2. The zero-order valence-electron chi connectivity index (χ0n) is 16.4. The van der Waals surface area contributed by atoms with E-state index >= 15 is 0 Å². The van der Waals surface area contributed by atoms with E-state index in [1.807, 2.05) is 48.6 Å². The maximum Gasteiger partial charge on any atom is 0.0658 e. The standard InChI is InChI=1S/C20H14N4.C4H10O/c1-2-14-10-16-5-6-18(23-16)12-20-8-7-19(24-20)11-17-4-3-15(22-17)9-13(1)21-14;1-2-3-4-5/h1-12,21,24H;5H,2-4H2,1H3. The maximum atomic E-state index is 8.07. The minimum Gasteiger partial charge on any atom is -0.396 e. The Bertz CT molecular complexity index is 1040. The lowest BCUT2D eigenvalue weighted by Crippen LogP contribution is -1.75. The smallest absolute Gasteiger partial charge is 0.0658 e. The molecule has 0 amide bonds. The molecule has 3 aromatic heterocycles. The molecular weight excluding hydrogens is 360 g/mol. The van der Waals surface area contributed by atoms with E-state index in [-0.39, 0.29) is 0 Å². The number of aromatic amines is 2. The van der Waals surface area contributed by atoms with E-state index in [4.69, 9.17) is 5.11 Å². The lowest BCUT2D eigenvalue weighted by atomic mass is 10.3. The molecule has 5 nitrogen and oxygen atoms in total. The van der Waals surface area contributed by atoms with Gasteiger partial charge in [-0.25, -0.2) is 9.97 Å². The highest BCUT2D eigenvalue weighted by molar-refractivity contribution is 5.77. The summed E-state index contributed by atoms with van der Waals surface area (Å²) in [6.07, 6.45) is 10.1. The molecule has 5 rings (SSSR count). The monoisotopic (exact) mass is 384 g/mol. The molecule has 5 heterocycles. The van der Waals surface area contributed by atoms with E-state index in [1.165, 1.54) is 0 Å². The Hall–Kier alpha value is -3.44. The summed E-state index contributed by atoms with van der Waals surface area (Å²) in [6.45, 7) is 2.40. The van der Waals surface area contributed by atoms with Crippen molar-refractivity contribution in [3.8, 4) is 0 Å². The number of nitrogens with one attached hydrogen (secondary N) is 2. The number of aliphatic hydroxyl groups is 1. The second-order valence-electron chi connectivity index (χ2n) is 6.98. The van der Waals surface area contributed by atoms with Gasteiger partial charge in [0.15, 0.2) is 0 Å². The third-order valence-corrected chi connectivity index (χ3v) is 4.55. The van der Waals surface area contributed by atoms with Crippen molar-refractivity contribution >= 4 is 46.4 Å². The zero-order valence-corrected chi connectivity index (χ0v) is 16.4. The first-order valence-corrected chi connectivity index (χ1v) is 9.87. The van der Waals surface area contributed by atoms with Crippen molar-refractivity contribution in [2.45, 2.75) is 19.8 Å². The summed E-state index contributed by atoms with van der Waals surface area (Å²) in [7, 11) is 0. The van der Waals surface area contributed by atoms with Gasteiger partial charge < -0.3 is 15.1 Å². The molecule has 0 unspecified atom stereocenters. The summed E-state index contributed by atoms with van der Waals surface area (Å²) < 4.78 is 0. The van der Waals surface area contributed by atoms with Crippen LogP contribution in [0.4, 0.5) is 0 Å². The predicted octanol–water partition coefficient (Wildman–Crippen LogP) is 5.43. The number of rotatable bonds is 2. The van der Waals surface area contributed by atoms with Crippen LogP contribution >= 0.6 is 0 Å². The average Bonchev–Trinajstić information content (AvgIpc) is 3.48. The Kier molecular flexibility index (Phi) is 5.68. The van der Waals surface area contributed by atoms with Crippen molar-refractivity contribution in [3.05, 3.63) is 71.3 Å². The lowest BCUT2D eigenvalue weighted by molar-refractivity contribution is 0.287. The van der Waals surface area contributed by atoms with Crippen molar-refractivity contribution in [2.75, 3.05) is 6.61 Å². The molecule has 0 aliphatic carbocycles. The van der Waals surface area contributed by atoms with E-state index < -0.39 is 0 Å². The molecule has 0 saturated heterocycles. The summed E-state index contributed by atoms with van der Waals surface area (Å²) in [5.41, 5.74) is 7.86. The normalized spacial score (nSPS) is 11.9. The molecule has 5 heteroatoms. The second-order valence-corrected chi connectivity index (χ2v) is 6.98. The molecule has 29 heavy (non-hydrogen) atoms. The number of aromatic nitrogens is 4. The Morgan fingerprint density at radius 3 is 1.24 bits per heavy atom. The van der Waals surface area contributed by atoms with Gasteiger partial charge in [-0.3, -0.25) is 0 Å². The van der Waals surface area contributed by atoms with Crippen LogP contribution in [0.15, 0.2) is 48.5 Å². The Balaban J connectivity index is 0.000000369. The Labute approximate surface area is 169 Å². The van der Waals surface area contributed by atoms with Gasteiger partial charge >= 0.3 is 0 Å². The molecule has 3 aromatic rings. The second kappa shape index (κ2) is 8.71. The van der Waals surface area contributed by atoms with E-state index in [1.54, 1.807) is 0 Å². The number of H-pyrrole nitrogens is 2. The maximum absolute atomic E-state index is 8.07. The lowest BCUT2D eigenvalue weighted by Gasteiger charge is -1.85. The zero-order chi connectivity index (χ0) is 20.1. The highest BCUT2D eigenvalue weighted by Gasteiger charge is 2.01. The molecule has 2 aliphatic heterocycles. The van der Waals surface area contributed by atoms with Crippen LogP contribution in [0.25, 0.3) is 46.4 Å². The fourth-order valence-corrected chi connectivity index (χ4v) is 3.10. The topological polar surface area (TPSA) is 77.6 Å². The van der Waals surface area contributed by atoms with Gasteiger partial charge in [0.05, 0.1) is 22.8 Å². The first-order chi connectivity index (χ1) is 14.2. The van der Waals surface area contributed by atoms with Gasteiger partial charge in [0.25, 0.3) is 0 Å². The molecule has 0 radical (unpaired) electrons. The van der Waals surface area contributed by atoms with Crippen LogP contribution in [0.5, 0.6) is 0 Å². The highest BCUT2D eigenvalue weighted by atomic mass is 16.2. The summed E-state index contributed by atoms with van der Waals surface area (Å²) in [4.78, 5) is 16.0. The number of hydrogen-bond donors (Lipinski definition) is 3. The van der Waals surface area contributed by atoms with Crippen molar-refractivity contribution in [3.63, 3.8) is 0 Å². The quantitative estimate of drug-likeness (QED) is 0.379. The molecular formula is C24H24N4O. The van der Waals surface area contributed by atoms with Crippen LogP contribution in [-0.4, -0.2) is 31.6 Å². The Morgan fingerprint density at radius 1 is 0.655 bits per heavy atom. The average molecular weight is 384 g/mol. The predicted molar refractivity (Wildman–Crippen MR) is 121 cm³/mol. The number of fused-ring (bicyclic) bond motifs is 8. The number of hydrogen-bond acceptors (Lipinski definition) is 3. The summed E-state index contributed by atoms with van der Waals surface area (Å²) >= 11 is 0. The molecule has 3 N–H and O–H groups in total. The fraction of sp³-hybridized carbons (Fsp3) is 0.167. The van der Waals surface area contributed by atoms with Crippen LogP contribution in [0, 0.1) is 0 Å². The fourth-order valence-electron chi connectivity index (χ4n) is 3.10. The highest BCUT2D eigenvalue weighted by Crippen LogP contribution is 2.16. The first-order valence-electron chi connectivity index (χ1n) is 9.87. The summed E-state index contributed by atoms with van der Waals surface area (Å²) in [5.74, 6) is 0. The summed E-state index contributed by atoms with van der Waals surface area (Å²) in [6, 6.07) is 16.4. The molecule has 0 aromatic carbocycles. The Morgan fingerprint density at radius 2 is 1.00 bits per heavy atom. The molecule has 2 aliphatic rings. The van der Waals surface area contributed by atoms with E-state index in [0.29, 0.717) is 6.61 Å². The largest absolute Gasteiger partial charge is 0.396 e. The molecule has 0 saturated carbocycles. The minimum atomic E-state index is 0.344. The SMILES string of the molecule is C1=Cc2cc3ccc(cc4nc(cc5ccc(cc1n2)[nH]5)C=C4)[nH]3.CCCCO. The van der Waals surface area contributed by atoms with Crippen molar-refractivity contribution in [1.82, 2.24) is 19.9 Å². The third kappa shape index (κ3) is 4.89. The van der Waals surface area contributed by atoms with Gasteiger partial charge in [-0.2, -0.15) is 0 Å². The molecule has 0 spiro atoms. The van der Waals surface area contributed by atoms with Gasteiger partial charge in [0, 0.05) is 28.7 Å². The van der Waals surface area contributed by atoms with Gasteiger partial charge in [0.1, 0.15) is 0 Å². The first kappa shape index (κ1) is 18.9. The van der Waals surface area contributed by atoms with Crippen LogP contribution in [0.3, 0.4) is 0 Å². The number of aliphatic hydroxyl groups excluding tert-OH is 1. The number of unbranched alkanes of at least 4 members (excludes halogenated alkanes) is 1. The van der Waals surface area contributed by atoms with Crippen molar-refractivity contribution in [1.29, 1.82) is 0 Å². The van der Waals surface area contributed by atoms with E-state index in [9.17, 15) is 0 Å². The summed E-state index contributed by atoms with van der Waals surface area (Å²) in [5, 5.41) is 8.07. The minimum absolute atomic E-state index is 0.344. The van der Waals surface area contributed by atoms with Crippen LogP contribution in [-0.2, 0) is 0 Å². The van der Waals surface area contributed by atoms with Crippen LogP contribution in [0.2, 0.25) is 0 Å². The molecule has 146 valence electrons. The van der Waals surface area contributed by atoms with Crippen molar-refractivity contribution < 1.29 is 5.11 Å². The molecule has 0 atom stereocenters. The van der Waals surface area contributed by atoms with Gasteiger partial charge in [-0.05, 0) is 79.3 Å². The van der Waals surface area contributed by atoms with E-state index in [0.717, 1.165) is 57.7 Å².